The fourth-order valence-electron chi connectivity index (χ4n) is 1.25. The van der Waals surface area contributed by atoms with Crippen LogP contribution in [0.5, 0.6) is 0 Å². The molecule has 2 rings (SSSR count). The summed E-state index contributed by atoms with van der Waals surface area (Å²) in [4.78, 5) is 22.5. The molecule has 0 atom stereocenters. The summed E-state index contributed by atoms with van der Waals surface area (Å²) in [5.74, 6) is -0.916. The third-order valence-electron chi connectivity index (χ3n) is 2.09. The van der Waals surface area contributed by atoms with Crippen LogP contribution in [0.4, 0.5) is 10.1 Å². The second-order valence-electron chi connectivity index (χ2n) is 3.38. The maximum absolute atomic E-state index is 12.9. The highest BCUT2D eigenvalue weighted by Gasteiger charge is 2.10. The number of aromatic amines is 1. The van der Waals surface area contributed by atoms with Gasteiger partial charge in [-0.25, -0.2) is 9.49 Å². The zero-order valence-corrected chi connectivity index (χ0v) is 10.5. The fraction of sp³-hybridized carbons (Fsp3) is 0. The Hall–Kier alpha value is -2.02. The quantitative estimate of drug-likeness (QED) is 0.890. The highest BCUT2D eigenvalue weighted by atomic mass is 79.9. The molecule has 0 radical (unpaired) electrons. The zero-order chi connectivity index (χ0) is 13.1. The second-order valence-corrected chi connectivity index (χ2v) is 4.24. The molecule has 2 aromatic rings. The van der Waals surface area contributed by atoms with E-state index in [4.69, 9.17) is 0 Å². The normalized spacial score (nSPS) is 10.1. The van der Waals surface area contributed by atoms with E-state index in [0.717, 1.165) is 0 Å². The van der Waals surface area contributed by atoms with Crippen LogP contribution >= 0.6 is 15.9 Å². The van der Waals surface area contributed by atoms with Gasteiger partial charge in [-0.2, -0.15) is 5.10 Å². The summed E-state index contributed by atoms with van der Waals surface area (Å²) in [5.41, 5.74) is 0.0785. The molecule has 18 heavy (non-hydrogen) atoms. The summed E-state index contributed by atoms with van der Waals surface area (Å²) in [5, 5.41) is 8.27. The monoisotopic (exact) mass is 311 g/mol. The molecule has 1 heterocycles. The molecular formula is C11H7BrFN3O2. The van der Waals surface area contributed by atoms with Gasteiger partial charge in [0.05, 0.1) is 5.69 Å². The van der Waals surface area contributed by atoms with Crippen molar-refractivity contribution in [2.24, 2.45) is 0 Å². The largest absolute Gasteiger partial charge is 0.320 e. The van der Waals surface area contributed by atoms with E-state index in [9.17, 15) is 14.0 Å². The Morgan fingerprint density at radius 3 is 2.72 bits per heavy atom. The maximum Gasteiger partial charge on any atom is 0.276 e. The Kier molecular flexibility index (Phi) is 3.52. The first-order valence-electron chi connectivity index (χ1n) is 4.88. The topological polar surface area (TPSA) is 74.8 Å². The number of halogens is 2. The minimum absolute atomic E-state index is 0.0609. The molecule has 5 nitrogen and oxygen atoms in total. The lowest BCUT2D eigenvalue weighted by Gasteiger charge is -2.06. The first kappa shape index (κ1) is 12.4. The van der Waals surface area contributed by atoms with Gasteiger partial charge < -0.3 is 5.32 Å². The Labute approximate surface area is 109 Å². The summed E-state index contributed by atoms with van der Waals surface area (Å²) in [6, 6.07) is 6.37. The number of benzene rings is 1. The molecular weight excluding hydrogens is 305 g/mol. The standard InChI is InChI=1S/C11H7BrFN3O2/c12-7-5-6(13)1-2-8(7)14-11(18)9-3-4-10(17)16-15-9/h1-5H,(H,14,18)(H,16,17). The van der Waals surface area contributed by atoms with Crippen LogP contribution in [0.2, 0.25) is 0 Å². The first-order valence-corrected chi connectivity index (χ1v) is 5.68. The van der Waals surface area contributed by atoms with Crippen molar-refractivity contribution < 1.29 is 9.18 Å². The predicted molar refractivity (Wildman–Crippen MR) is 66.9 cm³/mol. The van der Waals surface area contributed by atoms with Crippen molar-refractivity contribution in [2.75, 3.05) is 5.32 Å². The van der Waals surface area contributed by atoms with Crippen LogP contribution in [-0.2, 0) is 0 Å². The smallest absolute Gasteiger partial charge is 0.276 e. The number of hydrogen-bond acceptors (Lipinski definition) is 3. The third kappa shape index (κ3) is 2.80. The molecule has 0 aliphatic carbocycles. The lowest BCUT2D eigenvalue weighted by molar-refractivity contribution is 0.102. The summed E-state index contributed by atoms with van der Waals surface area (Å²) in [6.45, 7) is 0. The number of nitrogens with zero attached hydrogens (tertiary/aromatic N) is 1. The highest BCUT2D eigenvalue weighted by Crippen LogP contribution is 2.23. The third-order valence-corrected chi connectivity index (χ3v) is 2.75. The lowest BCUT2D eigenvalue weighted by Crippen LogP contribution is -2.17. The van der Waals surface area contributed by atoms with Crippen molar-refractivity contribution in [3.05, 3.63) is 56.7 Å². The van der Waals surface area contributed by atoms with E-state index in [-0.39, 0.29) is 5.69 Å². The van der Waals surface area contributed by atoms with Gasteiger partial charge in [-0.3, -0.25) is 9.59 Å². The van der Waals surface area contributed by atoms with Crippen LogP contribution in [0.15, 0.2) is 39.6 Å². The van der Waals surface area contributed by atoms with Crippen molar-refractivity contribution >= 4 is 27.5 Å². The van der Waals surface area contributed by atoms with Crippen LogP contribution in [-0.4, -0.2) is 16.1 Å². The van der Waals surface area contributed by atoms with E-state index in [2.05, 4.69) is 31.4 Å². The molecule has 0 saturated carbocycles. The van der Waals surface area contributed by atoms with Crippen LogP contribution in [0.1, 0.15) is 10.5 Å². The van der Waals surface area contributed by atoms with Crippen LogP contribution in [0, 0.1) is 5.82 Å². The number of hydrogen-bond donors (Lipinski definition) is 2. The van der Waals surface area contributed by atoms with Gasteiger partial charge >= 0.3 is 0 Å². The van der Waals surface area contributed by atoms with Crippen molar-refractivity contribution in [1.29, 1.82) is 0 Å². The van der Waals surface area contributed by atoms with Gasteiger partial charge in [0.15, 0.2) is 0 Å². The summed E-state index contributed by atoms with van der Waals surface area (Å²) < 4.78 is 13.3. The molecule has 0 bridgehead atoms. The molecule has 0 fully saturated rings. The van der Waals surface area contributed by atoms with Gasteiger partial charge in [0, 0.05) is 10.5 Å². The van der Waals surface area contributed by atoms with Crippen molar-refractivity contribution in [1.82, 2.24) is 10.2 Å². The van der Waals surface area contributed by atoms with E-state index < -0.39 is 17.3 Å². The second kappa shape index (κ2) is 5.09. The molecule has 0 saturated heterocycles. The molecule has 1 aromatic carbocycles. The average molecular weight is 312 g/mol. The van der Waals surface area contributed by atoms with Gasteiger partial charge in [0.1, 0.15) is 11.5 Å². The van der Waals surface area contributed by atoms with Crippen molar-refractivity contribution in [3.8, 4) is 0 Å². The van der Waals surface area contributed by atoms with Gasteiger partial charge in [-0.15, -0.1) is 0 Å². The number of H-pyrrole nitrogens is 1. The Bertz CT molecular complexity index is 636. The SMILES string of the molecule is O=C(Nc1ccc(F)cc1Br)c1ccc(=O)[nH]n1. The summed E-state index contributed by atoms with van der Waals surface area (Å²) in [6.07, 6.45) is 0. The van der Waals surface area contributed by atoms with Crippen molar-refractivity contribution in [3.63, 3.8) is 0 Å². The lowest BCUT2D eigenvalue weighted by atomic mass is 10.3. The Balaban J connectivity index is 2.21. The predicted octanol–water partition coefficient (Wildman–Crippen LogP) is 1.92. The molecule has 0 aliphatic rings. The first-order chi connectivity index (χ1) is 8.56. The Morgan fingerprint density at radius 1 is 1.33 bits per heavy atom. The maximum atomic E-state index is 12.9. The van der Waals surface area contributed by atoms with Crippen LogP contribution < -0.4 is 10.9 Å². The molecule has 0 aliphatic heterocycles. The molecule has 0 unspecified atom stereocenters. The number of anilines is 1. The number of nitrogens with one attached hydrogen (secondary N) is 2. The number of amides is 1. The molecule has 0 spiro atoms. The Morgan fingerprint density at radius 2 is 2.11 bits per heavy atom. The van der Waals surface area contributed by atoms with E-state index in [1.807, 2.05) is 0 Å². The molecule has 1 amide bonds. The summed E-state index contributed by atoms with van der Waals surface area (Å²) >= 11 is 3.13. The molecule has 2 N–H and O–H groups in total. The average Bonchev–Trinajstić information content (AvgIpc) is 2.33. The highest BCUT2D eigenvalue weighted by molar-refractivity contribution is 9.10. The fourth-order valence-corrected chi connectivity index (χ4v) is 1.70. The van der Waals surface area contributed by atoms with Gasteiger partial charge in [-0.1, -0.05) is 0 Å². The minimum atomic E-state index is -0.501. The van der Waals surface area contributed by atoms with Crippen LogP contribution in [0.3, 0.4) is 0 Å². The molecule has 1 aromatic heterocycles. The van der Waals surface area contributed by atoms with Gasteiger partial charge in [0.25, 0.3) is 11.5 Å². The number of carbonyl (C=O) groups is 1. The van der Waals surface area contributed by atoms with Gasteiger partial charge in [-0.05, 0) is 40.2 Å². The van der Waals surface area contributed by atoms with E-state index in [1.54, 1.807) is 0 Å². The number of aromatic nitrogens is 2. The summed E-state index contributed by atoms with van der Waals surface area (Å²) in [7, 11) is 0. The van der Waals surface area contributed by atoms with Crippen molar-refractivity contribution in [2.45, 2.75) is 0 Å². The minimum Gasteiger partial charge on any atom is -0.320 e. The van der Waals surface area contributed by atoms with Gasteiger partial charge in [0.2, 0.25) is 0 Å². The van der Waals surface area contributed by atoms with E-state index >= 15 is 0 Å². The molecule has 92 valence electrons. The number of rotatable bonds is 2. The number of carbonyl (C=O) groups excluding carboxylic acids is 1. The van der Waals surface area contributed by atoms with E-state index in [0.29, 0.717) is 10.2 Å². The molecule has 7 heteroatoms. The van der Waals surface area contributed by atoms with E-state index in [1.165, 1.54) is 30.3 Å². The zero-order valence-electron chi connectivity index (χ0n) is 8.91. The van der Waals surface area contributed by atoms with Crippen LogP contribution in [0.25, 0.3) is 0 Å².